The lowest BCUT2D eigenvalue weighted by molar-refractivity contribution is -0.149. The lowest BCUT2D eigenvalue weighted by atomic mass is 9.88. The second-order valence-corrected chi connectivity index (χ2v) is 5.68. The van der Waals surface area contributed by atoms with Gasteiger partial charge in [-0.3, -0.25) is 14.5 Å². The van der Waals surface area contributed by atoms with Gasteiger partial charge >= 0.3 is 6.18 Å². The van der Waals surface area contributed by atoms with Crippen LogP contribution in [0.2, 0.25) is 0 Å². The van der Waals surface area contributed by atoms with Gasteiger partial charge in [-0.2, -0.15) is 13.2 Å². The van der Waals surface area contributed by atoms with Gasteiger partial charge in [0.05, 0.1) is 18.4 Å². The third kappa shape index (κ3) is 3.34. The number of hydrogen-bond acceptors (Lipinski definition) is 3. The second-order valence-electron chi connectivity index (χ2n) is 5.68. The van der Waals surface area contributed by atoms with E-state index in [2.05, 4.69) is 0 Å². The van der Waals surface area contributed by atoms with Crippen molar-refractivity contribution in [3.8, 4) is 0 Å². The number of amides is 2. The summed E-state index contributed by atoms with van der Waals surface area (Å²) < 4.78 is 42.9. The van der Waals surface area contributed by atoms with Gasteiger partial charge in [-0.1, -0.05) is 12.1 Å². The van der Waals surface area contributed by atoms with Crippen molar-refractivity contribution in [1.29, 1.82) is 0 Å². The standard InChI is InChI=1S/C17H14F3NO3/c18-17(19,20)13-5-3-11(4-6-13)12-8-15(22)21(16(23)9-12)10-14-2-1-7-24-14/h1-7,12H,8-10H2. The number of likely N-dealkylation sites (tertiary alicyclic amines) is 1. The van der Waals surface area contributed by atoms with Gasteiger partial charge in [-0.05, 0) is 29.8 Å². The molecule has 4 nitrogen and oxygen atoms in total. The third-order valence-corrected chi connectivity index (χ3v) is 4.05. The molecule has 1 saturated heterocycles. The molecule has 7 heteroatoms. The number of alkyl halides is 3. The van der Waals surface area contributed by atoms with E-state index >= 15 is 0 Å². The second kappa shape index (κ2) is 6.14. The Morgan fingerprint density at radius 3 is 2.17 bits per heavy atom. The van der Waals surface area contributed by atoms with E-state index in [4.69, 9.17) is 4.42 Å². The number of hydrogen-bond donors (Lipinski definition) is 0. The summed E-state index contributed by atoms with van der Waals surface area (Å²) in [4.78, 5) is 25.6. The molecule has 0 unspecified atom stereocenters. The average molecular weight is 337 g/mol. The van der Waals surface area contributed by atoms with Crippen molar-refractivity contribution in [1.82, 2.24) is 4.90 Å². The Kier molecular flexibility index (Phi) is 4.17. The van der Waals surface area contributed by atoms with Gasteiger partial charge in [0.2, 0.25) is 11.8 Å². The Balaban J connectivity index is 1.72. The fraction of sp³-hybridized carbons (Fsp3) is 0.294. The van der Waals surface area contributed by atoms with Gasteiger partial charge in [0, 0.05) is 18.8 Å². The third-order valence-electron chi connectivity index (χ3n) is 4.05. The molecule has 1 fully saturated rings. The summed E-state index contributed by atoms with van der Waals surface area (Å²) in [5.41, 5.74) is -0.193. The van der Waals surface area contributed by atoms with Crippen LogP contribution in [-0.2, 0) is 22.3 Å². The van der Waals surface area contributed by atoms with Crippen LogP contribution in [0, 0.1) is 0 Å². The minimum atomic E-state index is -4.41. The highest BCUT2D eigenvalue weighted by molar-refractivity contribution is 5.98. The van der Waals surface area contributed by atoms with Crippen molar-refractivity contribution < 1.29 is 27.2 Å². The van der Waals surface area contributed by atoms with Crippen LogP contribution in [-0.4, -0.2) is 16.7 Å². The number of imide groups is 1. The topological polar surface area (TPSA) is 50.5 Å². The van der Waals surface area contributed by atoms with Crippen LogP contribution >= 0.6 is 0 Å². The fourth-order valence-electron chi connectivity index (χ4n) is 2.77. The van der Waals surface area contributed by atoms with Crippen molar-refractivity contribution in [2.75, 3.05) is 0 Å². The molecule has 2 aromatic rings. The molecule has 0 aliphatic carbocycles. The van der Waals surface area contributed by atoms with Crippen LogP contribution in [0.3, 0.4) is 0 Å². The van der Waals surface area contributed by atoms with Crippen molar-refractivity contribution in [2.45, 2.75) is 31.5 Å². The molecule has 3 rings (SSSR count). The van der Waals surface area contributed by atoms with Gasteiger partial charge in [-0.25, -0.2) is 0 Å². The Hall–Kier alpha value is -2.57. The highest BCUT2D eigenvalue weighted by Crippen LogP contribution is 2.33. The normalized spacial score (nSPS) is 16.7. The highest BCUT2D eigenvalue weighted by Gasteiger charge is 2.35. The van der Waals surface area contributed by atoms with Gasteiger partial charge in [0.1, 0.15) is 5.76 Å². The lowest BCUT2D eigenvalue weighted by Crippen LogP contribution is -2.42. The molecule has 2 heterocycles. The van der Waals surface area contributed by atoms with Crippen molar-refractivity contribution in [2.24, 2.45) is 0 Å². The maximum absolute atomic E-state index is 12.6. The molecule has 0 N–H and O–H groups in total. The van der Waals surface area contributed by atoms with Crippen LogP contribution in [0.4, 0.5) is 13.2 Å². The van der Waals surface area contributed by atoms with Gasteiger partial charge in [-0.15, -0.1) is 0 Å². The molecule has 1 aliphatic heterocycles. The molecule has 126 valence electrons. The zero-order chi connectivity index (χ0) is 17.3. The Morgan fingerprint density at radius 1 is 1.04 bits per heavy atom. The SMILES string of the molecule is O=C1CC(c2ccc(C(F)(F)F)cc2)CC(=O)N1Cc1ccco1. The molecule has 0 spiro atoms. The molecule has 2 amide bonds. The number of nitrogens with zero attached hydrogens (tertiary/aromatic N) is 1. The predicted octanol–water partition coefficient (Wildman–Crippen LogP) is 3.73. The summed E-state index contributed by atoms with van der Waals surface area (Å²) in [6.45, 7) is 0.0738. The zero-order valence-corrected chi connectivity index (χ0v) is 12.5. The molecule has 0 radical (unpaired) electrons. The lowest BCUT2D eigenvalue weighted by Gasteiger charge is -2.29. The summed E-state index contributed by atoms with van der Waals surface area (Å²) in [6, 6.07) is 7.94. The molecule has 24 heavy (non-hydrogen) atoms. The van der Waals surface area contributed by atoms with Crippen LogP contribution in [0.1, 0.15) is 35.6 Å². The molecule has 0 saturated carbocycles. The first-order valence-corrected chi connectivity index (χ1v) is 7.37. The van der Waals surface area contributed by atoms with E-state index < -0.39 is 17.7 Å². The first-order chi connectivity index (χ1) is 11.3. The molecule has 0 atom stereocenters. The smallest absolute Gasteiger partial charge is 0.416 e. The number of benzene rings is 1. The zero-order valence-electron chi connectivity index (χ0n) is 12.5. The highest BCUT2D eigenvalue weighted by atomic mass is 19.4. The molecule has 1 aromatic heterocycles. The number of piperidine rings is 1. The van der Waals surface area contributed by atoms with Crippen LogP contribution in [0.25, 0.3) is 0 Å². The fourth-order valence-corrected chi connectivity index (χ4v) is 2.77. The summed E-state index contributed by atoms with van der Waals surface area (Å²) in [5.74, 6) is -0.607. The maximum atomic E-state index is 12.6. The number of halogens is 3. The number of furan rings is 1. The Labute approximate surface area is 135 Å². The van der Waals surface area contributed by atoms with Crippen molar-refractivity contribution >= 4 is 11.8 Å². The van der Waals surface area contributed by atoms with Crippen molar-refractivity contribution in [3.05, 3.63) is 59.5 Å². The van der Waals surface area contributed by atoms with Crippen molar-refractivity contribution in [3.63, 3.8) is 0 Å². The van der Waals surface area contributed by atoms with E-state index in [1.54, 1.807) is 12.1 Å². The Bertz CT molecular complexity index is 717. The summed E-state index contributed by atoms with van der Waals surface area (Å²) >= 11 is 0. The number of rotatable bonds is 3. The minimum absolute atomic E-state index is 0.0738. The predicted molar refractivity (Wildman–Crippen MR) is 77.7 cm³/mol. The van der Waals surface area contributed by atoms with E-state index in [1.165, 1.54) is 18.4 Å². The van der Waals surface area contributed by atoms with Gasteiger partial charge in [0.15, 0.2) is 0 Å². The minimum Gasteiger partial charge on any atom is -0.467 e. The first kappa shape index (κ1) is 16.3. The van der Waals surface area contributed by atoms with Gasteiger partial charge in [0.25, 0.3) is 0 Å². The molecular weight excluding hydrogens is 323 g/mol. The Morgan fingerprint density at radius 2 is 1.67 bits per heavy atom. The molecule has 1 aliphatic rings. The number of carbonyl (C=O) groups excluding carboxylic acids is 2. The van der Waals surface area contributed by atoms with Crippen LogP contribution in [0.15, 0.2) is 47.1 Å². The summed E-state index contributed by atoms with van der Waals surface area (Å²) in [5, 5.41) is 0. The average Bonchev–Trinajstić information content (AvgIpc) is 3.03. The van der Waals surface area contributed by atoms with Crippen LogP contribution in [0.5, 0.6) is 0 Å². The van der Waals surface area contributed by atoms with E-state index in [0.29, 0.717) is 11.3 Å². The largest absolute Gasteiger partial charge is 0.467 e. The van der Waals surface area contributed by atoms with E-state index in [-0.39, 0.29) is 31.2 Å². The van der Waals surface area contributed by atoms with Crippen LogP contribution < -0.4 is 0 Å². The van der Waals surface area contributed by atoms with E-state index in [9.17, 15) is 22.8 Å². The quantitative estimate of drug-likeness (QED) is 0.802. The van der Waals surface area contributed by atoms with E-state index in [1.807, 2.05) is 0 Å². The summed E-state index contributed by atoms with van der Waals surface area (Å²) in [6.07, 6.45) is -2.79. The van der Waals surface area contributed by atoms with E-state index in [0.717, 1.165) is 17.0 Å². The monoisotopic (exact) mass is 337 g/mol. The molecule has 0 bridgehead atoms. The summed E-state index contributed by atoms with van der Waals surface area (Å²) in [7, 11) is 0. The molecule has 1 aromatic carbocycles. The molecular formula is C17H14F3NO3. The van der Waals surface area contributed by atoms with Gasteiger partial charge < -0.3 is 4.42 Å². The maximum Gasteiger partial charge on any atom is 0.416 e. The number of carbonyl (C=O) groups is 2. The first-order valence-electron chi connectivity index (χ1n) is 7.37.